The highest BCUT2D eigenvalue weighted by molar-refractivity contribution is 8.06. The van der Waals surface area contributed by atoms with Crippen molar-refractivity contribution in [3.63, 3.8) is 0 Å². The first-order valence-electron chi connectivity index (χ1n) is 6.68. The minimum atomic E-state index is 0.285. The number of thioether (sulfide) groups is 2. The lowest BCUT2D eigenvalue weighted by Gasteiger charge is -2.27. The Morgan fingerprint density at radius 1 is 1.39 bits per heavy atom. The highest BCUT2D eigenvalue weighted by Crippen LogP contribution is 2.43. The molecule has 6 heteroatoms. The second kappa shape index (κ2) is 5.84. The molecular weight excluding hydrogens is 266 g/mol. The summed E-state index contributed by atoms with van der Waals surface area (Å²) < 4.78 is 5.45. The molecule has 1 N–H and O–H groups in total. The van der Waals surface area contributed by atoms with Gasteiger partial charge in [-0.1, -0.05) is 12.1 Å². The fraction of sp³-hybridized carbons (Fsp3) is 0.833. The number of rotatable bonds is 3. The Balaban J connectivity index is 1.74. The van der Waals surface area contributed by atoms with Gasteiger partial charge < -0.3 is 9.84 Å². The molecule has 3 rings (SSSR count). The largest absolute Gasteiger partial charge is 0.338 e. The summed E-state index contributed by atoms with van der Waals surface area (Å²) in [5.74, 6) is 4.13. The second-order valence-electron chi connectivity index (χ2n) is 4.75. The Morgan fingerprint density at radius 2 is 2.28 bits per heavy atom. The zero-order valence-electron chi connectivity index (χ0n) is 10.6. The number of aromatic nitrogens is 2. The average Bonchev–Trinajstić information content (AvgIpc) is 3.09. The first-order valence-corrected chi connectivity index (χ1v) is 8.78. The summed E-state index contributed by atoms with van der Waals surface area (Å²) in [5.41, 5.74) is 0. The minimum absolute atomic E-state index is 0.285. The van der Waals surface area contributed by atoms with Crippen LogP contribution >= 0.6 is 23.5 Å². The Labute approximate surface area is 116 Å². The molecular formula is C12H19N3OS2. The number of nitrogens with zero attached hydrogens (tertiary/aromatic N) is 2. The molecule has 2 saturated heterocycles. The van der Waals surface area contributed by atoms with Gasteiger partial charge in [0.1, 0.15) is 0 Å². The monoisotopic (exact) mass is 285 g/mol. The third kappa shape index (κ3) is 2.56. The van der Waals surface area contributed by atoms with Gasteiger partial charge in [-0.2, -0.15) is 16.7 Å². The SMILES string of the molecule is CCC1SCCSC1c1noc(C2CCCN2)n1. The van der Waals surface area contributed by atoms with Crippen molar-refractivity contribution >= 4 is 23.5 Å². The van der Waals surface area contributed by atoms with Crippen LogP contribution in [0.3, 0.4) is 0 Å². The molecule has 3 unspecified atom stereocenters. The molecule has 3 heterocycles. The summed E-state index contributed by atoms with van der Waals surface area (Å²) in [7, 11) is 0. The highest BCUT2D eigenvalue weighted by atomic mass is 32.2. The van der Waals surface area contributed by atoms with Crippen LogP contribution in [0.25, 0.3) is 0 Å². The maximum atomic E-state index is 5.45. The van der Waals surface area contributed by atoms with Crippen molar-refractivity contribution in [3.05, 3.63) is 11.7 Å². The summed E-state index contributed by atoms with van der Waals surface area (Å²) in [5, 5.41) is 8.67. The first-order chi connectivity index (χ1) is 8.88. The van der Waals surface area contributed by atoms with Gasteiger partial charge in [0.25, 0.3) is 0 Å². The van der Waals surface area contributed by atoms with Crippen LogP contribution in [-0.4, -0.2) is 33.4 Å². The number of hydrogen-bond acceptors (Lipinski definition) is 6. The van der Waals surface area contributed by atoms with Gasteiger partial charge in [-0.3, -0.25) is 0 Å². The number of hydrogen-bond donors (Lipinski definition) is 1. The Bertz CT molecular complexity index is 392. The van der Waals surface area contributed by atoms with Crippen LogP contribution in [0.15, 0.2) is 4.52 Å². The van der Waals surface area contributed by atoms with E-state index in [1.54, 1.807) is 0 Å². The fourth-order valence-electron chi connectivity index (χ4n) is 2.54. The maximum Gasteiger partial charge on any atom is 0.243 e. The van der Waals surface area contributed by atoms with E-state index in [-0.39, 0.29) is 6.04 Å². The predicted molar refractivity (Wildman–Crippen MR) is 76.0 cm³/mol. The van der Waals surface area contributed by atoms with E-state index in [9.17, 15) is 0 Å². The van der Waals surface area contributed by atoms with Gasteiger partial charge in [0.15, 0.2) is 5.82 Å². The van der Waals surface area contributed by atoms with Crippen molar-refractivity contribution in [1.29, 1.82) is 0 Å². The summed E-state index contributed by atoms with van der Waals surface area (Å²) >= 11 is 4.03. The van der Waals surface area contributed by atoms with Crippen molar-refractivity contribution in [2.45, 2.75) is 42.7 Å². The quantitative estimate of drug-likeness (QED) is 0.921. The normalized spacial score (nSPS) is 32.8. The van der Waals surface area contributed by atoms with Crippen molar-refractivity contribution in [2.75, 3.05) is 18.1 Å². The smallest absolute Gasteiger partial charge is 0.243 e. The van der Waals surface area contributed by atoms with Crippen LogP contribution in [-0.2, 0) is 0 Å². The molecule has 0 amide bonds. The number of nitrogens with one attached hydrogen (secondary N) is 1. The molecule has 0 aliphatic carbocycles. The lowest BCUT2D eigenvalue weighted by molar-refractivity contribution is 0.341. The van der Waals surface area contributed by atoms with E-state index in [0.717, 1.165) is 24.7 Å². The molecule has 2 aliphatic heterocycles. The molecule has 2 fully saturated rings. The maximum absolute atomic E-state index is 5.45. The Hall–Kier alpha value is -0.200. The van der Waals surface area contributed by atoms with Gasteiger partial charge in [0, 0.05) is 16.8 Å². The third-order valence-electron chi connectivity index (χ3n) is 3.52. The summed E-state index contributed by atoms with van der Waals surface area (Å²) in [6.45, 7) is 3.31. The zero-order valence-corrected chi connectivity index (χ0v) is 12.2. The van der Waals surface area contributed by atoms with E-state index in [2.05, 4.69) is 22.4 Å². The molecule has 1 aromatic rings. The van der Waals surface area contributed by atoms with Gasteiger partial charge in [-0.15, -0.1) is 11.8 Å². The Kier molecular flexibility index (Phi) is 4.16. The van der Waals surface area contributed by atoms with E-state index in [1.165, 1.54) is 24.3 Å². The fourth-order valence-corrected chi connectivity index (χ4v) is 5.52. The van der Waals surface area contributed by atoms with Gasteiger partial charge >= 0.3 is 0 Å². The zero-order chi connectivity index (χ0) is 12.4. The summed E-state index contributed by atoms with van der Waals surface area (Å²) in [6, 6.07) is 0.285. The molecule has 4 nitrogen and oxygen atoms in total. The van der Waals surface area contributed by atoms with Crippen LogP contribution < -0.4 is 5.32 Å². The molecule has 0 radical (unpaired) electrons. The minimum Gasteiger partial charge on any atom is -0.338 e. The van der Waals surface area contributed by atoms with E-state index in [0.29, 0.717) is 10.5 Å². The van der Waals surface area contributed by atoms with E-state index < -0.39 is 0 Å². The van der Waals surface area contributed by atoms with Gasteiger partial charge in [0.05, 0.1) is 11.3 Å². The first kappa shape index (κ1) is 12.8. The van der Waals surface area contributed by atoms with Crippen LogP contribution in [0.5, 0.6) is 0 Å². The molecule has 0 saturated carbocycles. The van der Waals surface area contributed by atoms with Crippen molar-refractivity contribution in [1.82, 2.24) is 15.5 Å². The van der Waals surface area contributed by atoms with Crippen LogP contribution in [0.4, 0.5) is 0 Å². The average molecular weight is 285 g/mol. The van der Waals surface area contributed by atoms with Crippen molar-refractivity contribution in [2.24, 2.45) is 0 Å². The van der Waals surface area contributed by atoms with Gasteiger partial charge in [-0.25, -0.2) is 0 Å². The third-order valence-corrected chi connectivity index (χ3v) is 6.77. The predicted octanol–water partition coefficient (Wildman–Crippen LogP) is 2.79. The topological polar surface area (TPSA) is 51.0 Å². The summed E-state index contributed by atoms with van der Waals surface area (Å²) in [6.07, 6.45) is 3.49. The molecule has 100 valence electrons. The molecule has 2 aliphatic rings. The molecule has 0 bridgehead atoms. The second-order valence-corrected chi connectivity index (χ2v) is 7.35. The van der Waals surface area contributed by atoms with Gasteiger partial charge in [0.2, 0.25) is 5.89 Å². The van der Waals surface area contributed by atoms with Gasteiger partial charge in [-0.05, 0) is 25.8 Å². The molecule has 3 atom stereocenters. The van der Waals surface area contributed by atoms with Crippen molar-refractivity contribution in [3.8, 4) is 0 Å². The summed E-state index contributed by atoms with van der Waals surface area (Å²) in [4.78, 5) is 4.64. The van der Waals surface area contributed by atoms with E-state index in [1.807, 2.05) is 23.5 Å². The lowest BCUT2D eigenvalue weighted by Crippen LogP contribution is -2.19. The lowest BCUT2D eigenvalue weighted by atomic mass is 10.2. The van der Waals surface area contributed by atoms with E-state index in [4.69, 9.17) is 4.52 Å². The van der Waals surface area contributed by atoms with Crippen LogP contribution in [0, 0.1) is 0 Å². The Morgan fingerprint density at radius 3 is 3.06 bits per heavy atom. The standard InChI is InChI=1S/C12H19N3OS2/c1-2-9-10(18-7-6-17-9)11-14-12(16-15-11)8-4-3-5-13-8/h8-10,13H,2-7H2,1H3. The van der Waals surface area contributed by atoms with Crippen LogP contribution in [0.2, 0.25) is 0 Å². The molecule has 0 aromatic carbocycles. The van der Waals surface area contributed by atoms with E-state index >= 15 is 0 Å². The molecule has 18 heavy (non-hydrogen) atoms. The molecule has 1 aromatic heterocycles. The highest BCUT2D eigenvalue weighted by Gasteiger charge is 2.31. The molecule has 0 spiro atoms. The van der Waals surface area contributed by atoms with Crippen molar-refractivity contribution < 1.29 is 4.52 Å². The van der Waals surface area contributed by atoms with Crippen LogP contribution in [0.1, 0.15) is 49.2 Å².